The molecule has 252 valence electrons. The molecule has 13 heteroatoms. The number of hydrogen-bond donors (Lipinski definition) is 1. The largest absolute Gasteiger partial charge is 0.497 e. The van der Waals surface area contributed by atoms with Crippen molar-refractivity contribution in [3.8, 4) is 17.2 Å². The molecule has 1 amide bonds. The summed E-state index contributed by atoms with van der Waals surface area (Å²) in [6.07, 6.45) is 1.43. The number of rotatable bonds is 13. The number of amides is 1. The van der Waals surface area contributed by atoms with E-state index in [9.17, 15) is 13.2 Å². The summed E-state index contributed by atoms with van der Waals surface area (Å²) in [7, 11) is -1.12. The van der Waals surface area contributed by atoms with Gasteiger partial charge in [-0.25, -0.2) is 13.8 Å². The lowest BCUT2D eigenvalue weighted by atomic mass is 10.1. The number of carbonyl (C=O) groups is 1. The van der Waals surface area contributed by atoms with Crippen molar-refractivity contribution in [3.05, 3.63) is 146 Å². The molecule has 0 spiro atoms. The number of para-hydroxylation sites is 1. The van der Waals surface area contributed by atoms with Crippen LogP contribution in [0.1, 0.15) is 27.0 Å². The molecule has 0 bridgehead atoms. The molecule has 5 rings (SSSR count). The van der Waals surface area contributed by atoms with Gasteiger partial charge in [0.25, 0.3) is 15.9 Å². The molecule has 0 heterocycles. The Morgan fingerprint density at radius 3 is 2.31 bits per heavy atom. The zero-order chi connectivity index (χ0) is 35.0. The fourth-order valence-corrected chi connectivity index (χ4v) is 7.28. The van der Waals surface area contributed by atoms with Crippen LogP contribution in [0.15, 0.2) is 124 Å². The predicted molar refractivity (Wildman–Crippen MR) is 196 cm³/mol. The van der Waals surface area contributed by atoms with Crippen LogP contribution >= 0.6 is 39.1 Å². The molecule has 0 atom stereocenters. The van der Waals surface area contributed by atoms with Crippen LogP contribution in [0.3, 0.4) is 0 Å². The molecule has 0 aliphatic heterocycles. The summed E-state index contributed by atoms with van der Waals surface area (Å²) in [5.41, 5.74) is 4.87. The summed E-state index contributed by atoms with van der Waals surface area (Å²) in [5, 5.41) is 5.15. The van der Waals surface area contributed by atoms with Gasteiger partial charge in [0.1, 0.15) is 12.4 Å². The number of hydrazone groups is 1. The van der Waals surface area contributed by atoms with Gasteiger partial charge in [-0.3, -0.25) is 9.10 Å². The van der Waals surface area contributed by atoms with E-state index in [-0.39, 0.29) is 29.3 Å². The average molecular weight is 784 g/mol. The van der Waals surface area contributed by atoms with E-state index in [1.807, 2.05) is 30.3 Å². The van der Waals surface area contributed by atoms with Crippen LogP contribution < -0.4 is 23.9 Å². The lowest BCUT2D eigenvalue weighted by molar-refractivity contribution is 0.0955. The SMILES string of the molecule is COc1ccc(S(=O)(=O)N(Cc2ccccc2)c2ccccc2C(=O)N/N=C\c2cc(Br)c(OCc3ccc(Cl)cc3Cl)c(OC)c2)cc1. The van der Waals surface area contributed by atoms with Gasteiger partial charge in [-0.1, -0.05) is 71.7 Å². The second kappa shape index (κ2) is 16.2. The average Bonchev–Trinajstić information content (AvgIpc) is 3.11. The van der Waals surface area contributed by atoms with E-state index in [1.165, 1.54) is 36.9 Å². The molecule has 0 saturated carbocycles. The Morgan fingerprint density at radius 1 is 0.898 bits per heavy atom. The van der Waals surface area contributed by atoms with Crippen LogP contribution in [0.4, 0.5) is 5.69 Å². The number of nitrogens with one attached hydrogen (secondary N) is 1. The number of benzene rings is 5. The summed E-state index contributed by atoms with van der Waals surface area (Å²) in [4.78, 5) is 13.6. The Balaban J connectivity index is 1.38. The lowest BCUT2D eigenvalue weighted by Gasteiger charge is -2.26. The van der Waals surface area contributed by atoms with E-state index in [4.69, 9.17) is 37.4 Å². The molecule has 5 aromatic carbocycles. The fraction of sp³-hybridized carbons (Fsp3) is 0.111. The predicted octanol–water partition coefficient (Wildman–Crippen LogP) is 8.51. The first-order valence-corrected chi connectivity index (χ1v) is 17.7. The molecule has 0 radical (unpaired) electrons. The van der Waals surface area contributed by atoms with E-state index in [2.05, 4.69) is 26.5 Å². The molecule has 0 aliphatic rings. The highest BCUT2D eigenvalue weighted by Gasteiger charge is 2.29. The Hall–Kier alpha value is -4.55. The monoisotopic (exact) mass is 781 g/mol. The molecule has 0 aliphatic carbocycles. The van der Waals surface area contributed by atoms with Gasteiger partial charge in [0.05, 0.1) is 47.6 Å². The fourth-order valence-electron chi connectivity index (χ4n) is 4.78. The van der Waals surface area contributed by atoms with Crippen LogP contribution in [0.25, 0.3) is 0 Å². The van der Waals surface area contributed by atoms with Crippen molar-refractivity contribution in [2.75, 3.05) is 18.5 Å². The van der Waals surface area contributed by atoms with E-state index in [0.717, 1.165) is 11.1 Å². The quantitative estimate of drug-likeness (QED) is 0.0949. The Bertz CT molecular complexity index is 2080. The Labute approximate surface area is 303 Å². The summed E-state index contributed by atoms with van der Waals surface area (Å²) in [6.45, 7) is 0.151. The highest BCUT2D eigenvalue weighted by atomic mass is 79.9. The molecular formula is C36H30BrCl2N3O6S. The number of sulfonamides is 1. The summed E-state index contributed by atoms with van der Waals surface area (Å²) < 4.78 is 46.7. The maximum absolute atomic E-state index is 14.1. The van der Waals surface area contributed by atoms with Crippen molar-refractivity contribution in [3.63, 3.8) is 0 Å². The van der Waals surface area contributed by atoms with Gasteiger partial charge in [-0.05, 0) is 87.7 Å². The zero-order valence-corrected chi connectivity index (χ0v) is 30.2. The number of nitrogens with zero attached hydrogens (tertiary/aromatic N) is 2. The number of anilines is 1. The minimum Gasteiger partial charge on any atom is -0.497 e. The number of hydrogen-bond acceptors (Lipinski definition) is 7. The first-order chi connectivity index (χ1) is 23.6. The third kappa shape index (κ3) is 8.73. The van der Waals surface area contributed by atoms with E-state index >= 15 is 0 Å². The normalized spacial score (nSPS) is 11.3. The van der Waals surface area contributed by atoms with Crippen molar-refractivity contribution in [1.29, 1.82) is 0 Å². The van der Waals surface area contributed by atoms with Crippen molar-refractivity contribution >= 4 is 67.0 Å². The molecule has 0 saturated heterocycles. The molecule has 0 fully saturated rings. The van der Waals surface area contributed by atoms with Crippen molar-refractivity contribution < 1.29 is 27.4 Å². The molecular weight excluding hydrogens is 753 g/mol. The van der Waals surface area contributed by atoms with Gasteiger partial charge < -0.3 is 14.2 Å². The number of ether oxygens (including phenoxy) is 3. The molecule has 1 N–H and O–H groups in total. The Kier molecular flexibility index (Phi) is 11.8. The summed E-state index contributed by atoms with van der Waals surface area (Å²) in [5.74, 6) is 0.764. The Morgan fingerprint density at radius 2 is 1.61 bits per heavy atom. The number of halogens is 3. The molecule has 9 nitrogen and oxygen atoms in total. The van der Waals surface area contributed by atoms with Gasteiger partial charge >= 0.3 is 0 Å². The highest BCUT2D eigenvalue weighted by Crippen LogP contribution is 2.37. The van der Waals surface area contributed by atoms with Crippen molar-refractivity contribution in [1.82, 2.24) is 5.43 Å². The van der Waals surface area contributed by atoms with Crippen LogP contribution in [0, 0.1) is 0 Å². The first-order valence-electron chi connectivity index (χ1n) is 14.7. The van der Waals surface area contributed by atoms with E-state index in [0.29, 0.717) is 37.3 Å². The lowest BCUT2D eigenvalue weighted by Crippen LogP contribution is -2.33. The second-order valence-electron chi connectivity index (χ2n) is 10.4. The summed E-state index contributed by atoms with van der Waals surface area (Å²) in [6, 6.07) is 30.2. The minimum atomic E-state index is -4.13. The number of carbonyl (C=O) groups excluding carboxylic acids is 1. The van der Waals surface area contributed by atoms with Gasteiger partial charge in [-0.2, -0.15) is 5.10 Å². The van der Waals surface area contributed by atoms with Crippen LogP contribution in [0.5, 0.6) is 17.2 Å². The third-order valence-corrected chi connectivity index (χ3v) is 10.2. The topological polar surface area (TPSA) is 107 Å². The van der Waals surface area contributed by atoms with Crippen molar-refractivity contribution in [2.45, 2.75) is 18.0 Å². The molecule has 0 aromatic heterocycles. The third-order valence-electron chi connectivity index (χ3n) is 7.25. The van der Waals surface area contributed by atoms with Crippen LogP contribution in [0.2, 0.25) is 10.0 Å². The van der Waals surface area contributed by atoms with Crippen LogP contribution in [-0.2, 0) is 23.2 Å². The molecule has 49 heavy (non-hydrogen) atoms. The van der Waals surface area contributed by atoms with Crippen LogP contribution in [-0.4, -0.2) is 34.8 Å². The summed E-state index contributed by atoms with van der Waals surface area (Å²) >= 11 is 15.8. The van der Waals surface area contributed by atoms with Gasteiger partial charge in [-0.15, -0.1) is 0 Å². The first kappa shape index (κ1) is 35.7. The van der Waals surface area contributed by atoms with E-state index in [1.54, 1.807) is 66.7 Å². The second-order valence-corrected chi connectivity index (χ2v) is 14.0. The van der Waals surface area contributed by atoms with Crippen molar-refractivity contribution in [2.24, 2.45) is 5.10 Å². The zero-order valence-electron chi connectivity index (χ0n) is 26.3. The van der Waals surface area contributed by atoms with Gasteiger partial charge in [0.15, 0.2) is 11.5 Å². The standard InChI is InChI=1S/C36H30BrCl2N3O6S/c1-46-28-14-16-29(17-15-28)49(44,45)42(22-24-8-4-3-5-9-24)33-11-7-6-10-30(33)36(43)41-40-21-25-18-31(37)35(34(19-25)47-2)48-23-26-12-13-27(38)20-32(26)39/h3-21H,22-23H2,1-2H3,(H,41,43)/b40-21-. The van der Waals surface area contributed by atoms with Gasteiger partial charge in [0.2, 0.25) is 0 Å². The maximum atomic E-state index is 14.1. The van der Waals surface area contributed by atoms with Gasteiger partial charge in [0, 0.05) is 15.6 Å². The molecule has 0 unspecified atom stereocenters. The highest BCUT2D eigenvalue weighted by molar-refractivity contribution is 9.10. The van der Waals surface area contributed by atoms with E-state index < -0.39 is 15.9 Å². The number of methoxy groups -OCH3 is 2. The maximum Gasteiger partial charge on any atom is 0.273 e. The minimum absolute atomic E-state index is 0.0186. The molecule has 5 aromatic rings. The smallest absolute Gasteiger partial charge is 0.273 e.